The van der Waals surface area contributed by atoms with Gasteiger partial charge in [-0.1, -0.05) is 6.07 Å². The van der Waals surface area contributed by atoms with Crippen molar-refractivity contribution in [2.45, 2.75) is 12.7 Å². The number of amides is 1. The number of phosphoric acid groups is 2. The third kappa shape index (κ3) is 9.78. The van der Waals surface area contributed by atoms with Crippen LogP contribution in [-0.4, -0.2) is 72.0 Å². The zero-order valence-electron chi connectivity index (χ0n) is 17.8. The molecule has 1 amide bonds. The van der Waals surface area contributed by atoms with Crippen LogP contribution < -0.4 is 4.52 Å². The molecule has 2 N–H and O–H groups in total. The van der Waals surface area contributed by atoms with E-state index in [4.69, 9.17) is 39.7 Å². The summed E-state index contributed by atoms with van der Waals surface area (Å²) >= 11 is 5.13. The Morgan fingerprint density at radius 3 is 2.29 bits per heavy atom. The number of carbonyl (C=O) groups excluding carboxylic acids is 3. The second kappa shape index (κ2) is 12.4. The van der Waals surface area contributed by atoms with Gasteiger partial charge in [0.2, 0.25) is 0 Å². The first-order valence-corrected chi connectivity index (χ1v) is 12.3. The molecule has 0 radical (unpaired) electrons. The van der Waals surface area contributed by atoms with Crippen LogP contribution in [-0.2, 0) is 43.6 Å². The molecule has 0 bridgehead atoms. The topological polar surface area (TPSA) is 184 Å². The number of phosphoric ester groups is 2. The predicted molar refractivity (Wildman–Crippen MR) is 109 cm³/mol. The first kappa shape index (κ1) is 31.0. The number of rotatable bonds is 9. The zero-order chi connectivity index (χ0) is 24.8. The Morgan fingerprint density at radius 2 is 1.77 bits per heavy atom. The number of hydrogen-bond donors (Lipinski definition) is 2. The van der Waals surface area contributed by atoms with Crippen molar-refractivity contribution in [2.24, 2.45) is 0 Å². The largest absolute Gasteiger partial charge is 0.530 e. The van der Waals surface area contributed by atoms with E-state index in [1.165, 1.54) is 37.2 Å². The van der Waals surface area contributed by atoms with Crippen molar-refractivity contribution < 1.29 is 60.9 Å². The summed E-state index contributed by atoms with van der Waals surface area (Å²) in [6.45, 7) is -1.99. The van der Waals surface area contributed by atoms with Gasteiger partial charge in [0, 0.05) is 25.7 Å². The Kier molecular flexibility index (Phi) is 11.0. The molecule has 0 unspecified atom stereocenters. The minimum absolute atomic E-state index is 0. The van der Waals surface area contributed by atoms with Crippen LogP contribution in [0.25, 0.3) is 0 Å². The van der Waals surface area contributed by atoms with Crippen LogP contribution in [0.3, 0.4) is 0 Å². The average Bonchev–Trinajstić information content (AvgIpc) is 2.71. The van der Waals surface area contributed by atoms with Gasteiger partial charge in [-0.25, -0.2) is 18.7 Å². The minimum Gasteiger partial charge on any atom is -0.452 e. The summed E-state index contributed by atoms with van der Waals surface area (Å²) in [5.74, 6) is -1.87. The van der Waals surface area contributed by atoms with Crippen molar-refractivity contribution in [3.8, 4) is 5.75 Å². The minimum atomic E-state index is -4.83. The normalized spacial score (nSPS) is 19.4. The average molecular weight is 1050 g/mol. The molecule has 208 valence electrons. The van der Waals surface area contributed by atoms with Gasteiger partial charge in [0.25, 0.3) is 5.91 Å². The summed E-state index contributed by atoms with van der Waals surface area (Å²) in [7, 11) is -6.25. The Labute approximate surface area is 192 Å². The van der Waals surface area contributed by atoms with Crippen LogP contribution in [0.5, 0.6) is 5.75 Å². The summed E-state index contributed by atoms with van der Waals surface area (Å²) in [4.78, 5) is 53.9. The maximum absolute atomic E-state index is 12.7. The molecule has 0 aromatic heterocycles. The monoisotopic (exact) mass is 1050 g/mol. The van der Waals surface area contributed by atoms with E-state index in [0.29, 0.717) is 0 Å². The smallest absolute Gasteiger partial charge is 0.452 e. The molecular weight excluding hydrogens is 1030 g/mol. The van der Waals surface area contributed by atoms with Crippen molar-refractivity contribution in [1.82, 2.24) is 4.90 Å². The van der Waals surface area contributed by atoms with Crippen LogP contribution in [0.1, 0.15) is 15.9 Å². The fourth-order valence-corrected chi connectivity index (χ4v) is 4.09. The fraction of sp³-hybridized carbons (Fsp3) is 0.438. The molecule has 1 aliphatic rings. The number of nitrogens with zero attached hydrogens (tertiary/aromatic N) is 1. The molecule has 14 nitrogen and oxygen atoms in total. The van der Waals surface area contributed by atoms with Crippen LogP contribution in [0, 0.1) is 0 Å². The number of benzene rings is 1. The molecular formula is C16H20ClFm2NO13P2. The van der Waals surface area contributed by atoms with E-state index in [1.807, 2.05) is 0 Å². The van der Waals surface area contributed by atoms with Gasteiger partial charge in [0.1, 0.15) is 24.0 Å². The third-order valence-corrected chi connectivity index (χ3v) is 5.81. The molecule has 0 saturated carbocycles. The summed E-state index contributed by atoms with van der Waals surface area (Å²) in [6, 6.07) is 3.73. The van der Waals surface area contributed by atoms with Crippen molar-refractivity contribution in [1.29, 1.82) is 0 Å². The maximum atomic E-state index is 12.7. The van der Waals surface area contributed by atoms with Crippen molar-refractivity contribution in [2.75, 3.05) is 33.9 Å². The molecule has 0 spiro atoms. The SMILES string of the molecule is CN(C)C(=O)COC(=O)c1cc(COC(=O)Cl)ccc1OP1(=O)OCC(OP(=O)(O)O)CO1.[Fm].[Fm]. The summed E-state index contributed by atoms with van der Waals surface area (Å²) in [5, 5.41) is 0. The number of likely N-dealkylation sites (N-methyl/N-ethyl adjacent to an activating group) is 1. The first-order valence-electron chi connectivity index (χ1n) is 8.93. The molecule has 35 heavy (non-hydrogen) atoms. The molecule has 1 aromatic carbocycles. The van der Waals surface area contributed by atoms with Crippen LogP contribution in [0.4, 0.5) is 4.79 Å². The summed E-state index contributed by atoms with van der Waals surface area (Å²) in [6.07, 6.45) is -1.22. The van der Waals surface area contributed by atoms with Crippen molar-refractivity contribution in [3.63, 3.8) is 0 Å². The third-order valence-electron chi connectivity index (χ3n) is 3.78. The number of ether oxygens (including phenoxy) is 2. The number of esters is 1. The van der Waals surface area contributed by atoms with Gasteiger partial charge in [-0.2, -0.15) is 0 Å². The van der Waals surface area contributed by atoms with E-state index in [1.54, 1.807) is 0 Å². The molecule has 1 aliphatic heterocycles. The molecule has 1 heterocycles. The van der Waals surface area contributed by atoms with Crippen LogP contribution in [0.2, 0.25) is 0 Å². The van der Waals surface area contributed by atoms with E-state index in [0.717, 1.165) is 0 Å². The number of hydrogen-bond acceptors (Lipinski definition) is 11. The van der Waals surface area contributed by atoms with E-state index < -0.39 is 58.9 Å². The van der Waals surface area contributed by atoms with Gasteiger partial charge >= 0.3 is 27.0 Å². The molecule has 2 rings (SSSR count). The quantitative estimate of drug-likeness (QED) is 0.208. The van der Waals surface area contributed by atoms with E-state index >= 15 is 0 Å². The van der Waals surface area contributed by atoms with Gasteiger partial charge in [-0.15, -0.1) is 0 Å². The molecule has 1 aromatic rings. The molecule has 1 fully saturated rings. The summed E-state index contributed by atoms with van der Waals surface area (Å²) < 4.78 is 52.7. The second-order valence-corrected chi connectivity index (χ2v) is 9.66. The van der Waals surface area contributed by atoms with Crippen molar-refractivity contribution in [3.05, 3.63) is 29.3 Å². The maximum Gasteiger partial charge on any atom is 0.530 e. The van der Waals surface area contributed by atoms with Crippen LogP contribution in [0.15, 0.2) is 18.2 Å². The van der Waals surface area contributed by atoms with E-state index in [9.17, 15) is 23.5 Å². The first-order chi connectivity index (χ1) is 15.3. The number of carbonyl (C=O) groups is 3. The Morgan fingerprint density at radius 1 is 1.17 bits per heavy atom. The fourth-order valence-electron chi connectivity index (χ4n) is 2.24. The van der Waals surface area contributed by atoms with Gasteiger partial charge in [-0.3, -0.25) is 18.4 Å². The van der Waals surface area contributed by atoms with Gasteiger partial charge in [0.05, 0.1) is 13.2 Å². The van der Waals surface area contributed by atoms with Gasteiger partial charge in [0.15, 0.2) is 6.61 Å². The summed E-state index contributed by atoms with van der Waals surface area (Å²) in [5.41, 5.74) is -1.11. The molecule has 19 heteroatoms. The Balaban J connectivity index is 0.00000578. The standard InChI is InChI=1S/C16H20ClNO13P2.2Fm/c1-18(2)14(19)9-26-15(20)12-5-10(6-27-16(17)21)3-4-13(12)31-33(25)28-7-11(8-29-33)30-32(22,23)24;;/h3-5,11H,6-9H2,1-2H3,(H2,22,23,24);;. The van der Waals surface area contributed by atoms with Gasteiger partial charge < -0.3 is 28.7 Å². The van der Waals surface area contributed by atoms with E-state index in [2.05, 4.69) is 9.26 Å². The Bertz CT molecular complexity index is 994. The Hall–Kier alpha value is -4.02. The van der Waals surface area contributed by atoms with Gasteiger partial charge in [-0.05, 0) is 17.7 Å². The second-order valence-electron chi connectivity index (χ2n) is 6.57. The molecule has 0 atom stereocenters. The zero-order valence-corrected chi connectivity index (χ0v) is 25.2. The molecule has 0 aliphatic carbocycles. The van der Waals surface area contributed by atoms with Crippen molar-refractivity contribution >= 4 is 44.6 Å². The predicted octanol–water partition coefficient (Wildman–Crippen LogP) is 1.82. The van der Waals surface area contributed by atoms with Crippen LogP contribution >= 0.6 is 27.2 Å². The van der Waals surface area contributed by atoms with E-state index in [-0.39, 0.29) is 23.5 Å². The molecule has 1 saturated heterocycles. The number of halogens is 1.